The van der Waals surface area contributed by atoms with E-state index in [1.807, 2.05) is 0 Å². The molecule has 120 valence electrons. The third kappa shape index (κ3) is 3.04. The Hall–Kier alpha value is -2.81. The maximum Gasteiger partial charge on any atom is 0.312 e. The number of hydrogen-bond donors (Lipinski definition) is 0. The van der Waals surface area contributed by atoms with Gasteiger partial charge in [0.15, 0.2) is 21.3 Å². The molecule has 0 spiro atoms. The van der Waals surface area contributed by atoms with Gasteiger partial charge in [-0.15, -0.1) is 0 Å². The highest BCUT2D eigenvalue weighted by Gasteiger charge is 2.21. The third-order valence-electron chi connectivity index (χ3n) is 3.13. The summed E-state index contributed by atoms with van der Waals surface area (Å²) in [5.41, 5.74) is -0.439. The molecule has 9 heteroatoms. The lowest BCUT2D eigenvalue weighted by Gasteiger charge is -2.08. The van der Waals surface area contributed by atoms with Crippen molar-refractivity contribution in [3.8, 4) is 23.0 Å². The Morgan fingerprint density at radius 1 is 1.13 bits per heavy atom. The number of sulfone groups is 1. The Bertz CT molecular complexity index is 892. The summed E-state index contributed by atoms with van der Waals surface area (Å²) in [6, 6.07) is 8.20. The molecular formula is C14H11NO7S. The molecule has 0 bridgehead atoms. The molecule has 1 aliphatic rings. The molecule has 2 aromatic carbocycles. The molecule has 0 aromatic heterocycles. The minimum atomic E-state index is -3.55. The molecule has 1 heterocycles. The molecule has 0 saturated heterocycles. The highest BCUT2D eigenvalue weighted by atomic mass is 32.2. The summed E-state index contributed by atoms with van der Waals surface area (Å²) >= 11 is 0. The van der Waals surface area contributed by atoms with Crippen molar-refractivity contribution in [3.63, 3.8) is 0 Å². The minimum absolute atomic E-state index is 0.0683. The molecule has 0 saturated carbocycles. The van der Waals surface area contributed by atoms with E-state index >= 15 is 0 Å². The van der Waals surface area contributed by atoms with E-state index in [2.05, 4.69) is 0 Å². The van der Waals surface area contributed by atoms with Gasteiger partial charge in [0.05, 0.1) is 9.82 Å². The number of ether oxygens (including phenoxy) is 3. The predicted molar refractivity (Wildman–Crippen MR) is 78.8 cm³/mol. The van der Waals surface area contributed by atoms with Crippen LogP contribution in [0.5, 0.6) is 23.0 Å². The van der Waals surface area contributed by atoms with Gasteiger partial charge in [-0.3, -0.25) is 10.1 Å². The van der Waals surface area contributed by atoms with Gasteiger partial charge in [0.1, 0.15) is 5.75 Å². The molecule has 0 radical (unpaired) electrons. The molecule has 0 amide bonds. The van der Waals surface area contributed by atoms with Gasteiger partial charge in [0.2, 0.25) is 12.5 Å². The molecule has 0 fully saturated rings. The summed E-state index contributed by atoms with van der Waals surface area (Å²) < 4.78 is 38.9. The molecule has 0 atom stereocenters. The molecule has 0 unspecified atom stereocenters. The normalized spacial score (nSPS) is 12.9. The molecule has 1 aliphatic heterocycles. The zero-order chi connectivity index (χ0) is 16.6. The number of benzene rings is 2. The van der Waals surface area contributed by atoms with E-state index in [9.17, 15) is 18.5 Å². The van der Waals surface area contributed by atoms with Crippen LogP contribution in [0.3, 0.4) is 0 Å². The van der Waals surface area contributed by atoms with Crippen molar-refractivity contribution in [1.82, 2.24) is 0 Å². The Balaban J connectivity index is 1.98. The standard InChI is InChI=1S/C14H11NO7S/c1-23(18,19)10-3-5-12(11(7-10)15(16)17)22-9-2-4-13-14(6-9)21-8-20-13/h2-7H,8H2,1H3. The summed E-state index contributed by atoms with van der Waals surface area (Å²) in [5, 5.41) is 11.2. The van der Waals surface area contributed by atoms with E-state index in [0.717, 1.165) is 12.3 Å². The van der Waals surface area contributed by atoms with Gasteiger partial charge in [-0.2, -0.15) is 0 Å². The molecule has 0 N–H and O–H groups in total. The lowest BCUT2D eigenvalue weighted by molar-refractivity contribution is -0.385. The number of nitrogens with zero attached hydrogens (tertiary/aromatic N) is 1. The van der Waals surface area contributed by atoms with Crippen LogP contribution < -0.4 is 14.2 Å². The smallest absolute Gasteiger partial charge is 0.312 e. The second-order valence-electron chi connectivity index (χ2n) is 4.78. The van der Waals surface area contributed by atoms with Crippen LogP contribution in [0, 0.1) is 10.1 Å². The fourth-order valence-electron chi connectivity index (χ4n) is 2.02. The molecular weight excluding hydrogens is 326 g/mol. The number of rotatable bonds is 4. The Morgan fingerprint density at radius 3 is 2.57 bits per heavy atom. The topological polar surface area (TPSA) is 105 Å². The van der Waals surface area contributed by atoms with Crippen molar-refractivity contribution in [1.29, 1.82) is 0 Å². The van der Waals surface area contributed by atoms with E-state index in [4.69, 9.17) is 14.2 Å². The van der Waals surface area contributed by atoms with E-state index in [-0.39, 0.29) is 17.4 Å². The van der Waals surface area contributed by atoms with Crippen molar-refractivity contribution < 1.29 is 27.6 Å². The first-order valence-corrected chi connectivity index (χ1v) is 8.30. The molecule has 8 nitrogen and oxygen atoms in total. The fraction of sp³-hybridized carbons (Fsp3) is 0.143. The van der Waals surface area contributed by atoms with E-state index < -0.39 is 20.4 Å². The average Bonchev–Trinajstić information content (AvgIpc) is 2.93. The zero-order valence-corrected chi connectivity index (χ0v) is 12.7. The van der Waals surface area contributed by atoms with Crippen molar-refractivity contribution in [2.75, 3.05) is 13.0 Å². The van der Waals surface area contributed by atoms with Crippen LogP contribution in [0.4, 0.5) is 5.69 Å². The van der Waals surface area contributed by atoms with Gasteiger partial charge in [0, 0.05) is 18.4 Å². The van der Waals surface area contributed by atoms with Crippen LogP contribution in [-0.4, -0.2) is 26.4 Å². The molecule has 2 aromatic rings. The Kier molecular flexibility index (Phi) is 3.57. The van der Waals surface area contributed by atoms with Gasteiger partial charge in [0.25, 0.3) is 0 Å². The van der Waals surface area contributed by atoms with Gasteiger partial charge >= 0.3 is 5.69 Å². The lowest BCUT2D eigenvalue weighted by Crippen LogP contribution is -2.00. The van der Waals surface area contributed by atoms with Crippen LogP contribution in [0.2, 0.25) is 0 Å². The summed E-state index contributed by atoms with van der Waals surface area (Å²) in [4.78, 5) is 10.3. The van der Waals surface area contributed by atoms with Crippen molar-refractivity contribution in [2.45, 2.75) is 4.90 Å². The van der Waals surface area contributed by atoms with Crippen LogP contribution in [-0.2, 0) is 9.84 Å². The van der Waals surface area contributed by atoms with Gasteiger partial charge < -0.3 is 14.2 Å². The summed E-state index contributed by atoms with van der Waals surface area (Å²) in [5.74, 6) is 1.27. The molecule has 3 rings (SSSR count). The van der Waals surface area contributed by atoms with Crippen LogP contribution in [0.25, 0.3) is 0 Å². The fourth-order valence-corrected chi connectivity index (χ4v) is 2.67. The average molecular weight is 337 g/mol. The van der Waals surface area contributed by atoms with Crippen molar-refractivity contribution in [3.05, 3.63) is 46.5 Å². The molecule has 23 heavy (non-hydrogen) atoms. The summed E-state index contributed by atoms with van der Waals surface area (Å²) in [6.45, 7) is 0.0992. The summed E-state index contributed by atoms with van der Waals surface area (Å²) in [7, 11) is -3.55. The third-order valence-corrected chi connectivity index (χ3v) is 4.24. The maximum absolute atomic E-state index is 11.5. The first-order valence-electron chi connectivity index (χ1n) is 6.40. The zero-order valence-electron chi connectivity index (χ0n) is 11.9. The number of fused-ring (bicyclic) bond motifs is 1. The Labute approximate surface area is 131 Å². The number of nitro benzene ring substituents is 1. The van der Waals surface area contributed by atoms with Crippen LogP contribution in [0.15, 0.2) is 41.3 Å². The largest absolute Gasteiger partial charge is 0.454 e. The predicted octanol–water partition coefficient (Wildman–Crippen LogP) is 2.52. The van der Waals surface area contributed by atoms with Gasteiger partial charge in [-0.25, -0.2) is 8.42 Å². The highest BCUT2D eigenvalue weighted by Crippen LogP contribution is 2.39. The lowest BCUT2D eigenvalue weighted by atomic mass is 10.2. The van der Waals surface area contributed by atoms with E-state index in [1.165, 1.54) is 18.2 Å². The number of hydrogen-bond acceptors (Lipinski definition) is 7. The first kappa shape index (κ1) is 15.1. The highest BCUT2D eigenvalue weighted by molar-refractivity contribution is 7.90. The SMILES string of the molecule is CS(=O)(=O)c1ccc(Oc2ccc3c(c2)OCO3)c([N+](=O)[O-])c1. The van der Waals surface area contributed by atoms with Gasteiger partial charge in [-0.1, -0.05) is 0 Å². The van der Waals surface area contributed by atoms with Crippen LogP contribution in [0.1, 0.15) is 0 Å². The van der Waals surface area contributed by atoms with Crippen molar-refractivity contribution in [2.24, 2.45) is 0 Å². The quantitative estimate of drug-likeness (QED) is 0.623. The van der Waals surface area contributed by atoms with Crippen molar-refractivity contribution >= 4 is 15.5 Å². The monoisotopic (exact) mass is 337 g/mol. The number of nitro groups is 1. The Morgan fingerprint density at radius 2 is 1.87 bits per heavy atom. The van der Waals surface area contributed by atoms with E-state index in [0.29, 0.717) is 17.2 Å². The van der Waals surface area contributed by atoms with Crippen LogP contribution >= 0.6 is 0 Å². The second-order valence-corrected chi connectivity index (χ2v) is 6.79. The van der Waals surface area contributed by atoms with Gasteiger partial charge in [-0.05, 0) is 24.3 Å². The van der Waals surface area contributed by atoms with E-state index in [1.54, 1.807) is 12.1 Å². The summed E-state index contributed by atoms with van der Waals surface area (Å²) in [6.07, 6.45) is 0.977. The minimum Gasteiger partial charge on any atom is -0.454 e. The first-order chi connectivity index (χ1) is 10.8. The maximum atomic E-state index is 11.5. The second kappa shape index (κ2) is 5.43. The molecule has 0 aliphatic carbocycles.